The third-order valence-corrected chi connectivity index (χ3v) is 2.42. The minimum Gasteiger partial charge on any atom is -0.338 e. The molecule has 6 nitrogen and oxygen atoms in total. The van der Waals surface area contributed by atoms with Gasteiger partial charge in [-0.1, -0.05) is 0 Å². The Balaban J connectivity index is 2.99. The molecule has 1 aromatic heterocycles. The third-order valence-electron chi connectivity index (χ3n) is 2.42. The van der Waals surface area contributed by atoms with Crippen molar-refractivity contribution >= 4 is 11.7 Å². The van der Waals surface area contributed by atoms with Crippen LogP contribution >= 0.6 is 0 Å². The van der Waals surface area contributed by atoms with Gasteiger partial charge in [0.2, 0.25) is 0 Å². The molecule has 0 saturated heterocycles. The maximum atomic E-state index is 13.8. The van der Waals surface area contributed by atoms with Crippen molar-refractivity contribution in [3.8, 4) is 6.07 Å². The molecular formula is C11H14FN5O. The lowest BCUT2D eigenvalue weighted by Gasteiger charge is -2.20. The Labute approximate surface area is 104 Å². The van der Waals surface area contributed by atoms with Crippen molar-refractivity contribution in [3.63, 3.8) is 0 Å². The van der Waals surface area contributed by atoms with Crippen LogP contribution in [0.25, 0.3) is 0 Å². The number of hydrogen-bond donors (Lipinski definition) is 2. The number of rotatable bonds is 5. The topological polar surface area (TPSA) is 95.0 Å². The first-order valence-electron chi connectivity index (χ1n) is 5.43. The lowest BCUT2D eigenvalue weighted by molar-refractivity contribution is 0.0763. The fraction of sp³-hybridized carbons (Fsp3) is 0.364. The molecule has 96 valence electrons. The summed E-state index contributed by atoms with van der Waals surface area (Å²) < 4.78 is 13.8. The van der Waals surface area contributed by atoms with Gasteiger partial charge < -0.3 is 10.3 Å². The van der Waals surface area contributed by atoms with Crippen LogP contribution in [0.2, 0.25) is 0 Å². The molecule has 0 aliphatic heterocycles. The Morgan fingerprint density at radius 1 is 1.72 bits per heavy atom. The minimum atomic E-state index is -0.791. The zero-order chi connectivity index (χ0) is 13.5. The normalized spacial score (nSPS) is 9.67. The molecule has 0 fully saturated rings. The van der Waals surface area contributed by atoms with E-state index in [1.165, 1.54) is 17.2 Å². The van der Waals surface area contributed by atoms with E-state index in [1.807, 2.05) is 6.07 Å². The zero-order valence-corrected chi connectivity index (χ0v) is 9.98. The Morgan fingerprint density at radius 3 is 3.00 bits per heavy atom. The van der Waals surface area contributed by atoms with Crippen molar-refractivity contribution in [2.75, 3.05) is 18.5 Å². The lowest BCUT2D eigenvalue weighted by atomic mass is 10.2. The summed E-state index contributed by atoms with van der Waals surface area (Å²) in [7, 11) is 0. The van der Waals surface area contributed by atoms with Gasteiger partial charge in [-0.3, -0.25) is 4.79 Å². The standard InChI is InChI=1S/C11H14FN5O/c1-2-17(7-3-5-13)11(18)8-4-6-15-10(16-14)9(8)12/h4,6H,2-3,7,14H2,1H3,(H,15,16). The molecule has 0 spiro atoms. The van der Waals surface area contributed by atoms with Gasteiger partial charge >= 0.3 is 0 Å². The second-order valence-electron chi connectivity index (χ2n) is 3.46. The predicted molar refractivity (Wildman–Crippen MR) is 63.8 cm³/mol. The number of anilines is 1. The molecule has 1 amide bonds. The largest absolute Gasteiger partial charge is 0.338 e. The van der Waals surface area contributed by atoms with E-state index in [0.717, 1.165) is 0 Å². The summed E-state index contributed by atoms with van der Waals surface area (Å²) in [6.07, 6.45) is 1.50. The number of nitrogen functional groups attached to an aromatic ring is 1. The first kappa shape index (κ1) is 13.9. The molecule has 0 aromatic carbocycles. The number of hydrogen-bond acceptors (Lipinski definition) is 5. The van der Waals surface area contributed by atoms with E-state index in [0.29, 0.717) is 6.54 Å². The van der Waals surface area contributed by atoms with Gasteiger partial charge in [-0.2, -0.15) is 5.26 Å². The first-order chi connectivity index (χ1) is 8.65. The van der Waals surface area contributed by atoms with Crippen LogP contribution < -0.4 is 11.3 Å². The number of nitrogens with zero attached hydrogens (tertiary/aromatic N) is 3. The minimum absolute atomic E-state index is 0.113. The van der Waals surface area contributed by atoms with Gasteiger partial charge in [0.05, 0.1) is 18.1 Å². The number of amides is 1. The van der Waals surface area contributed by atoms with Crippen molar-refractivity contribution in [3.05, 3.63) is 23.6 Å². The van der Waals surface area contributed by atoms with Gasteiger partial charge in [0, 0.05) is 19.3 Å². The van der Waals surface area contributed by atoms with E-state index < -0.39 is 11.7 Å². The van der Waals surface area contributed by atoms with Crippen LogP contribution in [0.1, 0.15) is 23.7 Å². The maximum Gasteiger partial charge on any atom is 0.257 e. The molecule has 1 rings (SSSR count). The molecule has 0 saturated carbocycles. The number of pyridine rings is 1. The maximum absolute atomic E-state index is 13.8. The number of nitrogens with one attached hydrogen (secondary N) is 1. The fourth-order valence-electron chi connectivity index (χ4n) is 1.47. The van der Waals surface area contributed by atoms with Crippen LogP contribution in [0, 0.1) is 17.1 Å². The molecule has 0 radical (unpaired) electrons. The van der Waals surface area contributed by atoms with Crippen LogP contribution in [-0.4, -0.2) is 28.9 Å². The molecule has 0 atom stereocenters. The summed E-state index contributed by atoms with van der Waals surface area (Å²) in [5.41, 5.74) is 1.97. The van der Waals surface area contributed by atoms with Crippen LogP contribution in [0.5, 0.6) is 0 Å². The van der Waals surface area contributed by atoms with E-state index in [4.69, 9.17) is 11.1 Å². The van der Waals surface area contributed by atoms with Crippen LogP contribution in [0.3, 0.4) is 0 Å². The van der Waals surface area contributed by atoms with Gasteiger partial charge in [0.1, 0.15) is 0 Å². The van der Waals surface area contributed by atoms with Gasteiger partial charge in [-0.15, -0.1) is 0 Å². The van der Waals surface area contributed by atoms with Crippen LogP contribution in [-0.2, 0) is 0 Å². The highest BCUT2D eigenvalue weighted by Crippen LogP contribution is 2.16. The summed E-state index contributed by atoms with van der Waals surface area (Å²) in [5.74, 6) is 3.63. The Hall–Kier alpha value is -2.20. The molecule has 1 heterocycles. The van der Waals surface area contributed by atoms with E-state index in [1.54, 1.807) is 6.92 Å². The monoisotopic (exact) mass is 251 g/mol. The highest BCUT2D eigenvalue weighted by atomic mass is 19.1. The van der Waals surface area contributed by atoms with Gasteiger partial charge in [0.25, 0.3) is 5.91 Å². The Kier molecular flexibility index (Phi) is 5.02. The SMILES string of the molecule is CCN(CCC#N)C(=O)c1ccnc(NN)c1F. The Bertz CT molecular complexity index is 471. The number of nitriles is 1. The zero-order valence-electron chi connectivity index (χ0n) is 9.98. The number of aromatic nitrogens is 1. The van der Waals surface area contributed by atoms with Crippen molar-refractivity contribution < 1.29 is 9.18 Å². The molecule has 0 bridgehead atoms. The van der Waals surface area contributed by atoms with Crippen LogP contribution in [0.4, 0.5) is 10.2 Å². The van der Waals surface area contributed by atoms with Crippen molar-refractivity contribution in [2.24, 2.45) is 5.84 Å². The summed E-state index contributed by atoms with van der Waals surface area (Å²) in [5, 5.41) is 8.50. The van der Waals surface area contributed by atoms with Crippen molar-refractivity contribution in [1.29, 1.82) is 5.26 Å². The van der Waals surface area contributed by atoms with Crippen molar-refractivity contribution in [1.82, 2.24) is 9.88 Å². The van der Waals surface area contributed by atoms with E-state index >= 15 is 0 Å². The number of hydrazine groups is 1. The van der Waals surface area contributed by atoms with Gasteiger partial charge in [-0.25, -0.2) is 15.2 Å². The molecule has 0 aliphatic carbocycles. The quantitative estimate of drug-likeness (QED) is 0.598. The fourth-order valence-corrected chi connectivity index (χ4v) is 1.47. The van der Waals surface area contributed by atoms with Gasteiger partial charge in [-0.05, 0) is 13.0 Å². The highest BCUT2D eigenvalue weighted by molar-refractivity contribution is 5.95. The molecule has 0 aliphatic rings. The second-order valence-corrected chi connectivity index (χ2v) is 3.46. The molecule has 3 N–H and O–H groups in total. The third kappa shape index (κ3) is 2.93. The van der Waals surface area contributed by atoms with E-state index in [-0.39, 0.29) is 24.3 Å². The average molecular weight is 251 g/mol. The van der Waals surface area contributed by atoms with E-state index in [2.05, 4.69) is 10.4 Å². The van der Waals surface area contributed by atoms with E-state index in [9.17, 15) is 9.18 Å². The number of carbonyl (C=O) groups is 1. The summed E-state index contributed by atoms with van der Waals surface area (Å²) in [6, 6.07) is 3.23. The molecule has 18 heavy (non-hydrogen) atoms. The first-order valence-corrected chi connectivity index (χ1v) is 5.43. The summed E-state index contributed by atoms with van der Waals surface area (Å²) >= 11 is 0. The lowest BCUT2D eigenvalue weighted by Crippen LogP contribution is -2.32. The second kappa shape index (κ2) is 6.51. The average Bonchev–Trinajstić information content (AvgIpc) is 2.39. The number of carbonyl (C=O) groups excluding carboxylic acids is 1. The molecule has 7 heteroatoms. The van der Waals surface area contributed by atoms with Gasteiger partial charge in [0.15, 0.2) is 11.6 Å². The molecule has 0 unspecified atom stereocenters. The Morgan fingerprint density at radius 2 is 2.44 bits per heavy atom. The summed E-state index contributed by atoms with van der Waals surface area (Å²) in [6.45, 7) is 2.42. The predicted octanol–water partition coefficient (Wildman–Crippen LogP) is 0.882. The van der Waals surface area contributed by atoms with Crippen molar-refractivity contribution in [2.45, 2.75) is 13.3 Å². The number of nitrogens with two attached hydrogens (primary N) is 1. The van der Waals surface area contributed by atoms with Crippen LogP contribution in [0.15, 0.2) is 12.3 Å². The summed E-state index contributed by atoms with van der Waals surface area (Å²) in [4.78, 5) is 17.1. The molecular weight excluding hydrogens is 237 g/mol. The highest BCUT2D eigenvalue weighted by Gasteiger charge is 2.20. The smallest absolute Gasteiger partial charge is 0.257 e. The molecule has 1 aromatic rings. The number of halogens is 1.